The lowest BCUT2D eigenvalue weighted by Gasteiger charge is -2.35. The molecule has 0 radical (unpaired) electrons. The van der Waals surface area contributed by atoms with E-state index in [0.29, 0.717) is 32.1 Å². The first-order valence-corrected chi connectivity index (χ1v) is 11.8. The van der Waals surface area contributed by atoms with E-state index >= 15 is 0 Å². The first-order valence-electron chi connectivity index (χ1n) is 10.3. The molecule has 0 bridgehead atoms. The average molecular weight is 466 g/mol. The molecule has 0 saturated carbocycles. The van der Waals surface area contributed by atoms with Crippen LogP contribution in [0.4, 0.5) is 4.39 Å². The van der Waals surface area contributed by atoms with Crippen LogP contribution in [-0.2, 0) is 19.6 Å². The van der Waals surface area contributed by atoms with E-state index in [0.717, 1.165) is 5.56 Å². The first-order chi connectivity index (χ1) is 15.3. The van der Waals surface area contributed by atoms with Crippen molar-refractivity contribution in [2.75, 3.05) is 40.0 Å². The lowest BCUT2D eigenvalue weighted by molar-refractivity contribution is -0.122. The second-order valence-electron chi connectivity index (χ2n) is 7.48. The Morgan fingerprint density at radius 1 is 1.12 bits per heavy atom. The van der Waals surface area contributed by atoms with E-state index in [-0.39, 0.29) is 23.3 Å². The third kappa shape index (κ3) is 6.26. The van der Waals surface area contributed by atoms with Gasteiger partial charge in [0.15, 0.2) is 0 Å². The summed E-state index contributed by atoms with van der Waals surface area (Å²) in [5.41, 5.74) is 0.861. The maximum Gasteiger partial charge on any atom is 0.241 e. The minimum absolute atomic E-state index is 0.0375. The number of hydrogen-bond acceptors (Lipinski definition) is 6. The summed E-state index contributed by atoms with van der Waals surface area (Å²) in [7, 11) is -2.39. The molecule has 1 aliphatic rings. The lowest BCUT2D eigenvalue weighted by Crippen LogP contribution is -2.48. The quantitative estimate of drug-likeness (QED) is 0.585. The normalized spacial score (nSPS) is 16.8. The predicted molar refractivity (Wildman–Crippen MR) is 117 cm³/mol. The van der Waals surface area contributed by atoms with Crippen LogP contribution in [0, 0.1) is 5.82 Å². The van der Waals surface area contributed by atoms with E-state index in [1.165, 1.54) is 50.4 Å². The molecule has 0 aliphatic carbocycles. The number of halogens is 1. The number of benzene rings is 2. The minimum Gasteiger partial charge on any atom is -0.497 e. The van der Waals surface area contributed by atoms with Gasteiger partial charge < -0.3 is 14.8 Å². The zero-order valence-corrected chi connectivity index (χ0v) is 18.9. The molecule has 0 spiro atoms. The summed E-state index contributed by atoms with van der Waals surface area (Å²) in [4.78, 5) is 14.9. The Balaban J connectivity index is 1.64. The number of sulfonamides is 1. The zero-order valence-electron chi connectivity index (χ0n) is 18.1. The van der Waals surface area contributed by atoms with Gasteiger partial charge in [0.25, 0.3) is 0 Å². The molecular formula is C22H28FN3O5S. The molecule has 1 amide bonds. The molecule has 1 unspecified atom stereocenters. The van der Waals surface area contributed by atoms with Crippen molar-refractivity contribution in [1.29, 1.82) is 0 Å². The van der Waals surface area contributed by atoms with Gasteiger partial charge in [-0.3, -0.25) is 9.69 Å². The van der Waals surface area contributed by atoms with Crippen molar-refractivity contribution >= 4 is 15.9 Å². The number of carbonyl (C=O) groups is 1. The third-order valence-electron chi connectivity index (χ3n) is 5.31. The lowest BCUT2D eigenvalue weighted by atomic mass is 10.0. The second kappa shape index (κ2) is 10.9. The zero-order chi connectivity index (χ0) is 23.1. The molecule has 2 N–H and O–H groups in total. The summed E-state index contributed by atoms with van der Waals surface area (Å²) in [6, 6.07) is 10.9. The van der Waals surface area contributed by atoms with Crippen molar-refractivity contribution in [2.45, 2.75) is 23.9 Å². The highest BCUT2D eigenvalue weighted by atomic mass is 32.2. The van der Waals surface area contributed by atoms with Gasteiger partial charge in [0.1, 0.15) is 11.6 Å². The SMILES string of the molecule is COc1ccc(S(=O)(=O)N[C@@H](C)C(=O)NCC(c2ccc(F)cc2)N2CCOCC2)cc1. The Bertz CT molecular complexity index is 993. The maximum absolute atomic E-state index is 13.4. The second-order valence-corrected chi connectivity index (χ2v) is 9.19. The molecule has 174 valence electrons. The molecule has 10 heteroatoms. The number of morpholine rings is 1. The molecule has 32 heavy (non-hydrogen) atoms. The molecule has 1 fully saturated rings. The van der Waals surface area contributed by atoms with Crippen LogP contribution in [0.2, 0.25) is 0 Å². The van der Waals surface area contributed by atoms with E-state index in [1.807, 2.05) is 0 Å². The fraction of sp³-hybridized carbons (Fsp3) is 0.409. The van der Waals surface area contributed by atoms with Crippen molar-refractivity contribution in [3.63, 3.8) is 0 Å². The predicted octanol–water partition coefficient (Wildman–Crippen LogP) is 1.69. The van der Waals surface area contributed by atoms with Crippen molar-refractivity contribution in [2.24, 2.45) is 0 Å². The molecule has 1 aliphatic heterocycles. The van der Waals surface area contributed by atoms with Crippen LogP contribution < -0.4 is 14.8 Å². The molecule has 2 atom stereocenters. The van der Waals surface area contributed by atoms with Gasteiger partial charge in [-0.15, -0.1) is 0 Å². The summed E-state index contributed by atoms with van der Waals surface area (Å²) < 4.78 is 51.4. The highest BCUT2D eigenvalue weighted by molar-refractivity contribution is 7.89. The number of hydrogen-bond donors (Lipinski definition) is 2. The first kappa shape index (κ1) is 24.1. The van der Waals surface area contributed by atoms with Crippen LogP contribution in [-0.4, -0.2) is 65.2 Å². The van der Waals surface area contributed by atoms with Gasteiger partial charge in [0, 0.05) is 19.6 Å². The van der Waals surface area contributed by atoms with Crippen LogP contribution in [0.5, 0.6) is 5.75 Å². The van der Waals surface area contributed by atoms with E-state index in [1.54, 1.807) is 12.1 Å². The number of nitrogens with one attached hydrogen (secondary N) is 2. The highest BCUT2D eigenvalue weighted by Crippen LogP contribution is 2.22. The van der Waals surface area contributed by atoms with Gasteiger partial charge in [0.2, 0.25) is 15.9 Å². The Morgan fingerprint density at radius 2 is 1.75 bits per heavy atom. The Hall–Kier alpha value is -2.53. The van der Waals surface area contributed by atoms with Crippen LogP contribution >= 0.6 is 0 Å². The minimum atomic E-state index is -3.88. The Kier molecular flexibility index (Phi) is 8.19. The van der Waals surface area contributed by atoms with Gasteiger partial charge in [-0.25, -0.2) is 12.8 Å². The van der Waals surface area contributed by atoms with Gasteiger partial charge in [-0.1, -0.05) is 12.1 Å². The summed E-state index contributed by atoms with van der Waals surface area (Å²) in [6.45, 7) is 4.24. The monoisotopic (exact) mass is 465 g/mol. The van der Waals surface area contributed by atoms with Crippen LogP contribution in [0.25, 0.3) is 0 Å². The van der Waals surface area contributed by atoms with Gasteiger partial charge in [0.05, 0.1) is 37.3 Å². The maximum atomic E-state index is 13.4. The summed E-state index contributed by atoms with van der Waals surface area (Å²) in [6.07, 6.45) is 0. The molecule has 8 nitrogen and oxygen atoms in total. The smallest absolute Gasteiger partial charge is 0.241 e. The van der Waals surface area contributed by atoms with E-state index in [2.05, 4.69) is 14.9 Å². The van der Waals surface area contributed by atoms with E-state index in [9.17, 15) is 17.6 Å². The molecule has 0 aromatic heterocycles. The van der Waals surface area contributed by atoms with E-state index in [4.69, 9.17) is 9.47 Å². The van der Waals surface area contributed by atoms with E-state index < -0.39 is 22.0 Å². The largest absolute Gasteiger partial charge is 0.497 e. The number of nitrogens with zero attached hydrogens (tertiary/aromatic N) is 1. The molecular weight excluding hydrogens is 437 g/mol. The number of carbonyl (C=O) groups excluding carboxylic acids is 1. The number of methoxy groups -OCH3 is 1. The average Bonchev–Trinajstić information content (AvgIpc) is 2.80. The van der Waals surface area contributed by atoms with Crippen molar-refractivity contribution in [3.8, 4) is 5.75 Å². The molecule has 1 saturated heterocycles. The molecule has 1 heterocycles. The van der Waals surface area contributed by atoms with Crippen molar-refractivity contribution < 1.29 is 27.1 Å². The topological polar surface area (TPSA) is 97.0 Å². The van der Waals surface area contributed by atoms with Crippen molar-refractivity contribution in [1.82, 2.24) is 14.9 Å². The summed E-state index contributed by atoms with van der Waals surface area (Å²) >= 11 is 0. The fourth-order valence-corrected chi connectivity index (χ4v) is 4.69. The van der Waals surface area contributed by atoms with Crippen LogP contribution in [0.1, 0.15) is 18.5 Å². The number of ether oxygens (including phenoxy) is 2. The number of rotatable bonds is 9. The Morgan fingerprint density at radius 3 is 2.34 bits per heavy atom. The standard InChI is InChI=1S/C22H28FN3O5S/c1-16(25-32(28,29)20-9-7-19(30-2)8-10-20)22(27)24-15-21(26-11-13-31-14-12-26)17-3-5-18(23)6-4-17/h3-10,16,21,25H,11-15H2,1-2H3,(H,24,27)/t16-,21?/m0/s1. The van der Waals surface area contributed by atoms with Crippen LogP contribution in [0.3, 0.4) is 0 Å². The Labute approximate surface area is 187 Å². The highest BCUT2D eigenvalue weighted by Gasteiger charge is 2.26. The summed E-state index contributed by atoms with van der Waals surface area (Å²) in [5, 5.41) is 2.82. The van der Waals surface area contributed by atoms with Gasteiger partial charge in [-0.05, 0) is 48.9 Å². The third-order valence-corrected chi connectivity index (χ3v) is 6.86. The molecule has 2 aromatic carbocycles. The molecule has 3 rings (SSSR count). The van der Waals surface area contributed by atoms with Crippen molar-refractivity contribution in [3.05, 3.63) is 59.9 Å². The molecule has 2 aromatic rings. The fourth-order valence-electron chi connectivity index (χ4n) is 3.49. The summed E-state index contributed by atoms with van der Waals surface area (Å²) in [5.74, 6) is -0.257. The van der Waals surface area contributed by atoms with Gasteiger partial charge >= 0.3 is 0 Å². The number of amides is 1. The van der Waals surface area contributed by atoms with Crippen LogP contribution in [0.15, 0.2) is 53.4 Å². The van der Waals surface area contributed by atoms with Gasteiger partial charge in [-0.2, -0.15) is 4.72 Å².